The maximum atomic E-state index is 14.6. The summed E-state index contributed by atoms with van der Waals surface area (Å²) in [5.41, 5.74) is 3.09. The molecule has 2 amide bonds. The predicted molar refractivity (Wildman–Crippen MR) is 191 cm³/mol. The van der Waals surface area contributed by atoms with E-state index in [2.05, 4.69) is 5.32 Å². The Morgan fingerprint density at radius 2 is 1.49 bits per heavy atom. The van der Waals surface area contributed by atoms with Crippen molar-refractivity contribution in [2.75, 3.05) is 17.4 Å². The van der Waals surface area contributed by atoms with Gasteiger partial charge in [0.2, 0.25) is 11.8 Å². The molecule has 0 aromatic heterocycles. The second-order valence-electron chi connectivity index (χ2n) is 11.3. The zero-order valence-electron chi connectivity index (χ0n) is 26.5. The van der Waals surface area contributed by atoms with Crippen LogP contribution in [0.2, 0.25) is 15.1 Å². The third kappa shape index (κ3) is 9.29. The van der Waals surface area contributed by atoms with Crippen LogP contribution in [0.3, 0.4) is 0 Å². The first-order valence-electron chi connectivity index (χ1n) is 15.3. The molecule has 1 atom stereocenters. The maximum absolute atomic E-state index is 14.6. The first-order chi connectivity index (χ1) is 22.4. The van der Waals surface area contributed by atoms with Gasteiger partial charge in [0.25, 0.3) is 10.0 Å². The Bertz CT molecular complexity index is 1780. The van der Waals surface area contributed by atoms with Crippen molar-refractivity contribution in [3.05, 3.63) is 128 Å². The second kappa shape index (κ2) is 16.5. The minimum atomic E-state index is -4.27. The van der Waals surface area contributed by atoms with E-state index in [0.717, 1.165) is 33.8 Å². The van der Waals surface area contributed by atoms with Crippen LogP contribution >= 0.6 is 34.8 Å². The zero-order chi connectivity index (χ0) is 34.1. The van der Waals surface area contributed by atoms with Gasteiger partial charge in [0, 0.05) is 40.1 Å². The lowest BCUT2D eigenvalue weighted by molar-refractivity contribution is -0.140. The molecule has 47 heavy (non-hydrogen) atoms. The van der Waals surface area contributed by atoms with Crippen LogP contribution in [0.4, 0.5) is 5.69 Å². The first-order valence-corrected chi connectivity index (χ1v) is 17.9. The predicted octanol–water partition coefficient (Wildman–Crippen LogP) is 8.02. The highest BCUT2D eigenvalue weighted by Crippen LogP contribution is 2.31. The van der Waals surface area contributed by atoms with E-state index in [4.69, 9.17) is 34.8 Å². The molecule has 0 radical (unpaired) electrons. The normalized spacial score (nSPS) is 12.0. The number of rotatable bonds is 14. The zero-order valence-corrected chi connectivity index (χ0v) is 29.6. The van der Waals surface area contributed by atoms with Gasteiger partial charge in [-0.1, -0.05) is 108 Å². The lowest BCUT2D eigenvalue weighted by atomic mass is 10.0. The molecule has 0 fully saturated rings. The Hall–Kier alpha value is -3.56. The molecule has 4 aromatic carbocycles. The highest BCUT2D eigenvalue weighted by molar-refractivity contribution is 7.92. The van der Waals surface area contributed by atoms with Crippen molar-refractivity contribution in [3.63, 3.8) is 0 Å². The smallest absolute Gasteiger partial charge is 0.264 e. The molecule has 0 bridgehead atoms. The van der Waals surface area contributed by atoms with E-state index in [0.29, 0.717) is 27.2 Å². The summed E-state index contributed by atoms with van der Waals surface area (Å²) in [4.78, 5) is 29.9. The second-order valence-corrected chi connectivity index (χ2v) is 14.4. The molecule has 0 aliphatic heterocycles. The lowest BCUT2D eigenvalue weighted by Crippen LogP contribution is -2.53. The maximum Gasteiger partial charge on any atom is 0.264 e. The monoisotopic (exact) mass is 713 g/mol. The van der Waals surface area contributed by atoms with Crippen molar-refractivity contribution < 1.29 is 18.0 Å². The molecule has 0 heterocycles. The first kappa shape index (κ1) is 36.3. The van der Waals surface area contributed by atoms with Gasteiger partial charge in [-0.2, -0.15) is 0 Å². The lowest BCUT2D eigenvalue weighted by Gasteiger charge is -2.34. The quantitative estimate of drug-likeness (QED) is 0.134. The standard InChI is InChI=1S/C36H38Cl3N3O4S/c1-4-5-20-40-36(44)34(21-27-10-7-6-8-11-27)41(23-30-31(37)12-9-13-32(30)38)35(43)24-42(28-17-16-26(3)33(39)22-28)47(45,46)29-18-14-25(2)15-19-29/h6-19,22,34H,4-5,20-21,23-24H2,1-3H3,(H,40,44)/t34-/m0/s1. The van der Waals surface area contributed by atoms with Crippen LogP contribution in [0.15, 0.2) is 95.9 Å². The average molecular weight is 715 g/mol. The van der Waals surface area contributed by atoms with E-state index in [-0.39, 0.29) is 29.5 Å². The van der Waals surface area contributed by atoms with Gasteiger partial charge in [0.05, 0.1) is 10.6 Å². The molecular weight excluding hydrogens is 677 g/mol. The summed E-state index contributed by atoms with van der Waals surface area (Å²) in [5, 5.41) is 3.94. The van der Waals surface area contributed by atoms with Crippen LogP contribution in [0.1, 0.15) is 42.0 Å². The number of hydrogen-bond acceptors (Lipinski definition) is 4. The van der Waals surface area contributed by atoms with Crippen LogP contribution in [0, 0.1) is 13.8 Å². The van der Waals surface area contributed by atoms with Crippen molar-refractivity contribution in [1.29, 1.82) is 0 Å². The molecule has 0 spiro atoms. The van der Waals surface area contributed by atoms with Crippen molar-refractivity contribution in [2.45, 2.75) is 57.5 Å². The Labute approximate surface area is 292 Å². The molecule has 0 saturated heterocycles. The van der Waals surface area contributed by atoms with Gasteiger partial charge in [0.15, 0.2) is 0 Å². The van der Waals surface area contributed by atoms with Gasteiger partial charge in [-0.3, -0.25) is 13.9 Å². The van der Waals surface area contributed by atoms with Gasteiger partial charge >= 0.3 is 0 Å². The SMILES string of the molecule is CCCCNC(=O)[C@H](Cc1ccccc1)N(Cc1c(Cl)cccc1Cl)C(=O)CN(c1ccc(C)c(Cl)c1)S(=O)(=O)c1ccc(C)cc1. The van der Waals surface area contributed by atoms with Crippen LogP contribution in [0.5, 0.6) is 0 Å². The fourth-order valence-corrected chi connectivity index (χ4v) is 7.11. The summed E-state index contributed by atoms with van der Waals surface area (Å²) in [6.45, 7) is 5.34. The van der Waals surface area contributed by atoms with Gasteiger partial charge in [0.1, 0.15) is 12.6 Å². The van der Waals surface area contributed by atoms with E-state index >= 15 is 0 Å². The summed E-state index contributed by atoms with van der Waals surface area (Å²) in [5.74, 6) is -0.995. The summed E-state index contributed by atoms with van der Waals surface area (Å²) >= 11 is 19.6. The van der Waals surface area contributed by atoms with Gasteiger partial charge in [-0.05, 0) is 67.8 Å². The molecular formula is C36H38Cl3N3O4S. The topological polar surface area (TPSA) is 86.8 Å². The number of nitrogens with zero attached hydrogens (tertiary/aromatic N) is 2. The summed E-state index contributed by atoms with van der Waals surface area (Å²) in [6.07, 6.45) is 1.80. The third-order valence-electron chi connectivity index (χ3n) is 7.82. The van der Waals surface area contributed by atoms with Crippen LogP contribution in [-0.4, -0.2) is 44.3 Å². The van der Waals surface area contributed by atoms with Crippen LogP contribution < -0.4 is 9.62 Å². The third-order valence-corrected chi connectivity index (χ3v) is 10.7. The van der Waals surface area contributed by atoms with E-state index in [9.17, 15) is 18.0 Å². The number of carbonyl (C=O) groups is 2. The molecule has 0 aliphatic carbocycles. The van der Waals surface area contributed by atoms with Crippen molar-refractivity contribution in [3.8, 4) is 0 Å². The van der Waals surface area contributed by atoms with Crippen LogP contribution in [0.25, 0.3) is 0 Å². The summed E-state index contributed by atoms with van der Waals surface area (Å²) < 4.78 is 29.5. The number of sulfonamides is 1. The minimum Gasteiger partial charge on any atom is -0.354 e. The average Bonchev–Trinajstić information content (AvgIpc) is 3.04. The molecule has 0 aliphatic rings. The molecule has 7 nitrogen and oxygen atoms in total. The molecule has 1 N–H and O–H groups in total. The number of anilines is 1. The van der Waals surface area contributed by atoms with Gasteiger partial charge in [-0.15, -0.1) is 0 Å². The van der Waals surface area contributed by atoms with E-state index in [1.807, 2.05) is 44.2 Å². The molecule has 0 saturated carbocycles. The highest BCUT2D eigenvalue weighted by Gasteiger charge is 2.35. The van der Waals surface area contributed by atoms with E-state index in [1.165, 1.54) is 23.1 Å². The van der Waals surface area contributed by atoms with E-state index in [1.54, 1.807) is 49.4 Å². The molecule has 0 unspecified atom stereocenters. The minimum absolute atomic E-state index is 0.00596. The highest BCUT2D eigenvalue weighted by atomic mass is 35.5. The van der Waals surface area contributed by atoms with Gasteiger partial charge in [-0.25, -0.2) is 8.42 Å². The Balaban J connectivity index is 1.84. The molecule has 4 aromatic rings. The number of hydrogen-bond donors (Lipinski definition) is 1. The number of benzene rings is 4. The van der Waals surface area contributed by atoms with Crippen LogP contribution in [-0.2, 0) is 32.6 Å². The fraction of sp³-hybridized carbons (Fsp3) is 0.278. The fourth-order valence-electron chi connectivity index (χ4n) is 5.02. The Morgan fingerprint density at radius 3 is 2.11 bits per heavy atom. The number of halogens is 3. The number of unbranched alkanes of at least 4 members (excludes halogenated alkanes) is 1. The van der Waals surface area contributed by atoms with Gasteiger partial charge < -0.3 is 10.2 Å². The number of amides is 2. The summed E-state index contributed by atoms with van der Waals surface area (Å²) in [7, 11) is -4.27. The summed E-state index contributed by atoms with van der Waals surface area (Å²) in [6, 6.07) is 24.5. The van der Waals surface area contributed by atoms with Crippen molar-refractivity contribution >= 4 is 62.3 Å². The Morgan fingerprint density at radius 1 is 0.830 bits per heavy atom. The number of nitrogens with one attached hydrogen (secondary N) is 1. The molecule has 11 heteroatoms. The van der Waals surface area contributed by atoms with Crippen molar-refractivity contribution in [2.24, 2.45) is 0 Å². The molecule has 4 rings (SSSR count). The van der Waals surface area contributed by atoms with Crippen molar-refractivity contribution in [1.82, 2.24) is 10.2 Å². The van der Waals surface area contributed by atoms with E-state index < -0.39 is 28.5 Å². The largest absolute Gasteiger partial charge is 0.354 e. The molecule has 248 valence electrons. The Kier molecular flexibility index (Phi) is 12.7. The number of aryl methyl sites for hydroxylation is 2. The number of carbonyl (C=O) groups excluding carboxylic acids is 2.